The molecule has 0 atom stereocenters. The van der Waals surface area contributed by atoms with E-state index in [0.717, 1.165) is 41.3 Å². The number of pyridine rings is 1. The minimum Gasteiger partial charge on any atom is -0.354 e. The summed E-state index contributed by atoms with van der Waals surface area (Å²) in [5, 5.41) is 13.5. The first-order valence-corrected chi connectivity index (χ1v) is 13.0. The number of rotatable bonds is 6. The lowest BCUT2D eigenvalue weighted by Gasteiger charge is -2.34. The fourth-order valence-electron chi connectivity index (χ4n) is 3.82. The number of aromatic nitrogens is 1. The number of halogens is 3. The van der Waals surface area contributed by atoms with Crippen LogP contribution in [0.25, 0.3) is 0 Å². The molecular formula is C26H25F2IN6O2. The molecule has 0 aliphatic carbocycles. The molecule has 37 heavy (non-hydrogen) atoms. The lowest BCUT2D eigenvalue weighted by molar-refractivity contribution is 0.102. The molecule has 3 aromatic rings. The second kappa shape index (κ2) is 11.7. The van der Waals surface area contributed by atoms with E-state index in [1.165, 1.54) is 18.2 Å². The molecule has 1 aliphatic rings. The zero-order valence-electron chi connectivity index (χ0n) is 20.0. The Labute approximate surface area is 226 Å². The van der Waals surface area contributed by atoms with E-state index < -0.39 is 23.4 Å². The van der Waals surface area contributed by atoms with Gasteiger partial charge in [0.25, 0.3) is 11.8 Å². The number of anilines is 2. The van der Waals surface area contributed by atoms with E-state index in [1.54, 1.807) is 18.3 Å². The van der Waals surface area contributed by atoms with E-state index in [9.17, 15) is 18.4 Å². The predicted molar refractivity (Wildman–Crippen MR) is 147 cm³/mol. The first-order valence-electron chi connectivity index (χ1n) is 11.5. The Balaban J connectivity index is 1.49. The van der Waals surface area contributed by atoms with E-state index in [-0.39, 0.29) is 28.5 Å². The van der Waals surface area contributed by atoms with Crippen LogP contribution in [0, 0.1) is 17.0 Å². The highest BCUT2D eigenvalue weighted by Crippen LogP contribution is 2.21. The molecule has 2 heterocycles. The fourth-order valence-corrected chi connectivity index (χ4v) is 4.27. The van der Waals surface area contributed by atoms with Gasteiger partial charge in [0.2, 0.25) is 0 Å². The van der Waals surface area contributed by atoms with E-state index in [0.29, 0.717) is 18.7 Å². The lowest BCUT2D eigenvalue weighted by atomic mass is 10.1. The van der Waals surface area contributed by atoms with Gasteiger partial charge in [0.15, 0.2) is 0 Å². The van der Waals surface area contributed by atoms with Crippen molar-refractivity contribution in [1.82, 2.24) is 14.8 Å². The van der Waals surface area contributed by atoms with Gasteiger partial charge >= 0.3 is 0 Å². The Hall–Kier alpha value is -3.45. The van der Waals surface area contributed by atoms with Crippen LogP contribution in [-0.2, 0) is 4.43 Å². The minimum atomic E-state index is -0.805. The quantitative estimate of drug-likeness (QED) is 0.165. The molecule has 2 aromatic carbocycles. The van der Waals surface area contributed by atoms with Crippen LogP contribution in [0.15, 0.2) is 54.7 Å². The highest BCUT2D eigenvalue weighted by molar-refractivity contribution is 14.1. The monoisotopic (exact) mass is 618 g/mol. The Morgan fingerprint density at radius 2 is 1.70 bits per heavy atom. The molecule has 4 rings (SSSR count). The second-order valence-corrected chi connectivity index (χ2v) is 9.38. The molecule has 0 unspecified atom stereocenters. The molecule has 0 bridgehead atoms. The minimum absolute atomic E-state index is 0.0152. The number of nitrogens with one attached hydrogen (secondary N) is 3. The third-order valence-corrected chi connectivity index (χ3v) is 6.88. The average molecular weight is 618 g/mol. The molecule has 0 saturated carbocycles. The topological polar surface area (TPSA) is 101 Å². The number of carbonyl (C=O) groups is 2. The highest BCUT2D eigenvalue weighted by atomic mass is 127. The molecule has 0 spiro atoms. The molecule has 0 radical (unpaired) electrons. The third kappa shape index (κ3) is 6.46. The first-order chi connectivity index (χ1) is 17.7. The van der Waals surface area contributed by atoms with Crippen molar-refractivity contribution in [3.05, 3.63) is 88.6 Å². The summed E-state index contributed by atoms with van der Waals surface area (Å²) in [4.78, 5) is 33.9. The lowest BCUT2D eigenvalue weighted by Crippen LogP contribution is -2.47. The summed E-state index contributed by atoms with van der Waals surface area (Å²) in [6, 6.07) is 10.7. The summed E-state index contributed by atoms with van der Waals surface area (Å²) in [6.07, 6.45) is 1.62. The molecule has 8 nitrogen and oxygen atoms in total. The SMILES string of the molecule is CN1CCN(C(=N)c2ccc(C(=O)Nc3ccc(F)cc3C(=O)Nc3ccc(CI)cn3)c(F)c2)CC1. The van der Waals surface area contributed by atoms with Gasteiger partial charge in [-0.25, -0.2) is 13.8 Å². The first kappa shape index (κ1) is 26.6. The second-order valence-electron chi connectivity index (χ2n) is 8.62. The fraction of sp³-hybridized carbons (Fsp3) is 0.231. The molecule has 11 heteroatoms. The molecule has 1 fully saturated rings. The van der Waals surface area contributed by atoms with E-state index in [4.69, 9.17) is 5.41 Å². The van der Waals surface area contributed by atoms with Gasteiger partial charge in [0.1, 0.15) is 23.3 Å². The van der Waals surface area contributed by atoms with Crippen molar-refractivity contribution < 1.29 is 18.4 Å². The van der Waals surface area contributed by atoms with Crippen LogP contribution >= 0.6 is 22.6 Å². The Bertz CT molecular complexity index is 1330. The summed E-state index contributed by atoms with van der Waals surface area (Å²) in [7, 11) is 2.00. The van der Waals surface area contributed by atoms with Gasteiger partial charge in [-0.05, 0) is 49.0 Å². The van der Waals surface area contributed by atoms with Gasteiger partial charge in [0, 0.05) is 42.4 Å². The number of carbonyl (C=O) groups excluding carboxylic acids is 2. The van der Waals surface area contributed by atoms with Crippen molar-refractivity contribution in [3.63, 3.8) is 0 Å². The largest absolute Gasteiger partial charge is 0.354 e. The van der Waals surface area contributed by atoms with E-state index >= 15 is 0 Å². The molecule has 192 valence electrons. The average Bonchev–Trinajstić information content (AvgIpc) is 2.90. The number of likely N-dealkylation sites (N-methyl/N-ethyl adjacent to an activating group) is 1. The zero-order valence-corrected chi connectivity index (χ0v) is 22.2. The van der Waals surface area contributed by atoms with Gasteiger partial charge in [0.05, 0.1) is 16.8 Å². The van der Waals surface area contributed by atoms with Crippen molar-refractivity contribution in [1.29, 1.82) is 5.41 Å². The molecule has 1 saturated heterocycles. The van der Waals surface area contributed by atoms with Gasteiger partial charge in [-0.15, -0.1) is 0 Å². The molecule has 3 N–H and O–H groups in total. The number of amides is 2. The summed E-state index contributed by atoms with van der Waals surface area (Å²) >= 11 is 2.19. The highest BCUT2D eigenvalue weighted by Gasteiger charge is 2.21. The number of benzene rings is 2. The van der Waals surface area contributed by atoms with Crippen LogP contribution < -0.4 is 10.6 Å². The van der Waals surface area contributed by atoms with Crippen molar-refractivity contribution in [2.24, 2.45) is 0 Å². The summed E-state index contributed by atoms with van der Waals surface area (Å²) in [5.41, 5.74) is 0.954. The molecule has 1 aliphatic heterocycles. The summed E-state index contributed by atoms with van der Waals surface area (Å²) < 4.78 is 29.7. The number of amidine groups is 1. The summed E-state index contributed by atoms with van der Waals surface area (Å²) in [5.74, 6) is -2.50. The van der Waals surface area contributed by atoms with Crippen LogP contribution in [-0.4, -0.2) is 65.7 Å². The van der Waals surface area contributed by atoms with Crippen molar-refractivity contribution in [2.45, 2.75) is 4.43 Å². The maximum Gasteiger partial charge on any atom is 0.259 e. The number of piperazine rings is 1. The van der Waals surface area contributed by atoms with Gasteiger partial charge in [-0.1, -0.05) is 34.7 Å². The number of hydrogen-bond acceptors (Lipinski definition) is 5. The number of nitrogens with zero attached hydrogens (tertiary/aromatic N) is 3. The van der Waals surface area contributed by atoms with Crippen LogP contribution in [0.1, 0.15) is 31.8 Å². The smallest absolute Gasteiger partial charge is 0.259 e. The van der Waals surface area contributed by atoms with Crippen LogP contribution in [0.2, 0.25) is 0 Å². The third-order valence-electron chi connectivity index (χ3n) is 6.00. The van der Waals surface area contributed by atoms with Crippen LogP contribution in [0.3, 0.4) is 0 Å². The predicted octanol–water partition coefficient (Wildman–Crippen LogP) is 4.37. The van der Waals surface area contributed by atoms with Crippen LogP contribution in [0.5, 0.6) is 0 Å². The zero-order chi connectivity index (χ0) is 26.5. The van der Waals surface area contributed by atoms with Crippen molar-refractivity contribution in [2.75, 3.05) is 43.9 Å². The molecule has 1 aromatic heterocycles. The molecular weight excluding hydrogens is 593 g/mol. The molecule has 2 amide bonds. The number of hydrogen-bond donors (Lipinski definition) is 3. The normalized spacial score (nSPS) is 13.8. The number of alkyl halides is 1. The van der Waals surface area contributed by atoms with E-state index in [1.807, 2.05) is 11.9 Å². The van der Waals surface area contributed by atoms with Gasteiger partial charge in [-0.3, -0.25) is 15.0 Å². The van der Waals surface area contributed by atoms with Crippen LogP contribution in [0.4, 0.5) is 20.3 Å². The van der Waals surface area contributed by atoms with Crippen molar-refractivity contribution in [3.8, 4) is 0 Å². The Morgan fingerprint density at radius 3 is 2.35 bits per heavy atom. The summed E-state index contributed by atoms with van der Waals surface area (Å²) in [6.45, 7) is 2.93. The van der Waals surface area contributed by atoms with E-state index in [2.05, 4.69) is 43.1 Å². The Morgan fingerprint density at radius 1 is 0.973 bits per heavy atom. The van der Waals surface area contributed by atoms with Gasteiger partial charge in [-0.2, -0.15) is 0 Å². The Kier molecular flexibility index (Phi) is 8.44. The standard InChI is InChI=1S/C26H25F2IN6O2/c1-34-8-10-35(11-9-34)24(30)17-3-5-19(21(28)12-17)25(36)32-22-6-4-18(27)13-20(22)26(37)33-23-7-2-16(14-29)15-31-23/h2-7,12-13,15,30H,8-11,14H2,1H3,(H,32,36)(H,31,33,37). The van der Waals surface area contributed by atoms with Gasteiger partial charge < -0.3 is 20.4 Å². The maximum absolute atomic E-state index is 14.9. The van der Waals surface area contributed by atoms with Crippen molar-refractivity contribution >= 4 is 51.7 Å². The maximum atomic E-state index is 14.9.